The number of anilines is 1. The molecular formula is C10H14F2N2O. The molecule has 0 aliphatic rings. The van der Waals surface area contributed by atoms with Gasteiger partial charge in [-0.15, -0.1) is 0 Å². The summed E-state index contributed by atoms with van der Waals surface area (Å²) >= 11 is 0. The molecule has 0 aliphatic carbocycles. The van der Waals surface area contributed by atoms with E-state index in [2.05, 4.69) is 5.32 Å². The van der Waals surface area contributed by atoms with Gasteiger partial charge in [0.1, 0.15) is 12.4 Å². The zero-order valence-electron chi connectivity index (χ0n) is 8.47. The van der Waals surface area contributed by atoms with Gasteiger partial charge in [0, 0.05) is 24.8 Å². The van der Waals surface area contributed by atoms with Crippen LogP contribution in [0, 0.1) is 0 Å². The summed E-state index contributed by atoms with van der Waals surface area (Å²) in [5, 5.41) is 2.93. The highest BCUT2D eigenvalue weighted by Gasteiger charge is 2.07. The van der Waals surface area contributed by atoms with E-state index in [9.17, 15) is 8.78 Å². The first-order valence-electron chi connectivity index (χ1n) is 4.59. The molecule has 1 rings (SSSR count). The van der Waals surface area contributed by atoms with Crippen molar-refractivity contribution in [2.45, 2.75) is 13.0 Å². The Morgan fingerprint density at radius 1 is 1.47 bits per heavy atom. The van der Waals surface area contributed by atoms with Gasteiger partial charge in [-0.1, -0.05) is 0 Å². The van der Waals surface area contributed by atoms with Crippen LogP contribution in [0.25, 0.3) is 0 Å². The van der Waals surface area contributed by atoms with Crippen LogP contribution in [0.5, 0.6) is 5.75 Å². The molecule has 0 atom stereocenters. The number of nitrogens with two attached hydrogens (primary N) is 1. The van der Waals surface area contributed by atoms with Crippen molar-refractivity contribution in [2.24, 2.45) is 5.73 Å². The fraction of sp³-hybridized carbons (Fsp3) is 0.400. The summed E-state index contributed by atoms with van der Waals surface area (Å²) in [7, 11) is 1.77. The van der Waals surface area contributed by atoms with Crippen molar-refractivity contribution in [3.63, 3.8) is 0 Å². The van der Waals surface area contributed by atoms with Gasteiger partial charge in [-0.2, -0.15) is 0 Å². The Morgan fingerprint density at radius 2 is 2.20 bits per heavy atom. The molecule has 0 bridgehead atoms. The summed E-state index contributed by atoms with van der Waals surface area (Å²) in [6.45, 7) is -0.347. The predicted molar refractivity (Wildman–Crippen MR) is 55.4 cm³/mol. The van der Waals surface area contributed by atoms with E-state index in [-0.39, 0.29) is 6.54 Å². The average Bonchev–Trinajstić information content (AvgIpc) is 2.25. The average molecular weight is 216 g/mol. The van der Waals surface area contributed by atoms with Crippen molar-refractivity contribution in [3.05, 3.63) is 23.8 Å². The predicted octanol–water partition coefficient (Wildman–Crippen LogP) is 1.83. The first-order chi connectivity index (χ1) is 7.17. The first-order valence-corrected chi connectivity index (χ1v) is 4.59. The largest absolute Gasteiger partial charge is 0.487 e. The molecule has 0 amide bonds. The number of benzene rings is 1. The van der Waals surface area contributed by atoms with E-state index in [1.807, 2.05) is 0 Å². The molecule has 0 radical (unpaired) electrons. The number of rotatable bonds is 5. The topological polar surface area (TPSA) is 47.3 Å². The van der Waals surface area contributed by atoms with E-state index in [0.717, 1.165) is 5.69 Å². The second kappa shape index (κ2) is 5.50. The molecule has 5 heteroatoms. The lowest BCUT2D eigenvalue weighted by Gasteiger charge is -2.11. The lowest BCUT2D eigenvalue weighted by Crippen LogP contribution is -2.10. The zero-order valence-corrected chi connectivity index (χ0v) is 8.47. The number of nitrogens with one attached hydrogen (secondary N) is 1. The van der Waals surface area contributed by atoms with Crippen LogP contribution < -0.4 is 15.8 Å². The summed E-state index contributed by atoms with van der Waals surface area (Å²) in [5.41, 5.74) is 7.07. The molecule has 3 N–H and O–H groups in total. The smallest absolute Gasteiger partial charge is 0.272 e. The van der Waals surface area contributed by atoms with Crippen LogP contribution in [-0.4, -0.2) is 20.1 Å². The van der Waals surface area contributed by atoms with Crippen molar-refractivity contribution in [3.8, 4) is 5.75 Å². The maximum atomic E-state index is 11.9. The number of hydrogen-bond donors (Lipinski definition) is 2. The normalized spacial score (nSPS) is 10.5. The van der Waals surface area contributed by atoms with Crippen LogP contribution in [0.2, 0.25) is 0 Å². The molecule has 0 aromatic heterocycles. The van der Waals surface area contributed by atoms with E-state index in [0.29, 0.717) is 11.3 Å². The van der Waals surface area contributed by atoms with Gasteiger partial charge < -0.3 is 15.8 Å². The quantitative estimate of drug-likeness (QED) is 0.789. The number of alkyl halides is 2. The van der Waals surface area contributed by atoms with Gasteiger partial charge in [0.25, 0.3) is 6.43 Å². The number of halogens is 2. The van der Waals surface area contributed by atoms with Crippen molar-refractivity contribution < 1.29 is 13.5 Å². The second-order valence-electron chi connectivity index (χ2n) is 2.98. The minimum atomic E-state index is -2.47. The Labute approximate surface area is 87.2 Å². The Kier molecular flexibility index (Phi) is 4.30. The third-order valence-corrected chi connectivity index (χ3v) is 1.93. The standard InChI is InChI=1S/C10H14F2N2O/c1-14-8-2-3-9(7(4-8)5-13)15-6-10(11)12/h2-4,10,14H,5-6,13H2,1H3. The lowest BCUT2D eigenvalue weighted by molar-refractivity contribution is 0.0814. The van der Waals surface area contributed by atoms with Gasteiger partial charge in [-0.25, -0.2) is 8.78 Å². The van der Waals surface area contributed by atoms with E-state index in [1.165, 1.54) is 0 Å². The molecule has 0 saturated carbocycles. The molecule has 0 aliphatic heterocycles. The molecule has 84 valence electrons. The van der Waals surface area contributed by atoms with Crippen LogP contribution in [0.4, 0.5) is 14.5 Å². The van der Waals surface area contributed by atoms with E-state index in [1.54, 1.807) is 25.2 Å². The van der Waals surface area contributed by atoms with Gasteiger partial charge in [-0.05, 0) is 18.2 Å². The van der Waals surface area contributed by atoms with Crippen LogP contribution in [-0.2, 0) is 6.54 Å². The fourth-order valence-electron chi connectivity index (χ4n) is 1.19. The minimum absolute atomic E-state index is 0.258. The summed E-state index contributed by atoms with van der Waals surface area (Å²) < 4.78 is 28.8. The SMILES string of the molecule is CNc1ccc(OCC(F)F)c(CN)c1. The van der Waals surface area contributed by atoms with Crippen LogP contribution >= 0.6 is 0 Å². The van der Waals surface area contributed by atoms with Crippen LogP contribution in [0.1, 0.15) is 5.56 Å². The molecule has 0 heterocycles. The fourth-order valence-corrected chi connectivity index (χ4v) is 1.19. The molecule has 0 fully saturated rings. The van der Waals surface area contributed by atoms with E-state index in [4.69, 9.17) is 10.5 Å². The summed E-state index contributed by atoms with van der Waals surface area (Å²) in [6, 6.07) is 5.16. The first kappa shape index (κ1) is 11.7. The van der Waals surface area contributed by atoms with Gasteiger partial charge in [0.05, 0.1) is 0 Å². The molecule has 0 spiro atoms. The third kappa shape index (κ3) is 3.36. The molecule has 15 heavy (non-hydrogen) atoms. The monoisotopic (exact) mass is 216 g/mol. The maximum Gasteiger partial charge on any atom is 0.272 e. The summed E-state index contributed by atoms with van der Waals surface area (Å²) in [6.07, 6.45) is -2.47. The van der Waals surface area contributed by atoms with Crippen LogP contribution in [0.3, 0.4) is 0 Å². The minimum Gasteiger partial charge on any atom is -0.487 e. The Balaban J connectivity index is 2.78. The highest BCUT2D eigenvalue weighted by Crippen LogP contribution is 2.22. The van der Waals surface area contributed by atoms with Gasteiger partial charge in [0.15, 0.2) is 0 Å². The highest BCUT2D eigenvalue weighted by molar-refractivity contribution is 5.50. The van der Waals surface area contributed by atoms with Gasteiger partial charge in [0.2, 0.25) is 0 Å². The molecule has 0 saturated heterocycles. The highest BCUT2D eigenvalue weighted by atomic mass is 19.3. The zero-order chi connectivity index (χ0) is 11.3. The van der Waals surface area contributed by atoms with Crippen LogP contribution in [0.15, 0.2) is 18.2 Å². The maximum absolute atomic E-state index is 11.9. The molecule has 0 unspecified atom stereocenters. The van der Waals surface area contributed by atoms with Crippen molar-refractivity contribution in [1.29, 1.82) is 0 Å². The summed E-state index contributed by atoms with van der Waals surface area (Å²) in [4.78, 5) is 0. The molecular weight excluding hydrogens is 202 g/mol. The van der Waals surface area contributed by atoms with Crippen molar-refractivity contribution in [1.82, 2.24) is 0 Å². The molecule has 1 aromatic rings. The third-order valence-electron chi connectivity index (χ3n) is 1.93. The van der Waals surface area contributed by atoms with Crippen molar-refractivity contribution >= 4 is 5.69 Å². The number of ether oxygens (including phenoxy) is 1. The molecule has 1 aromatic carbocycles. The van der Waals surface area contributed by atoms with E-state index >= 15 is 0 Å². The van der Waals surface area contributed by atoms with E-state index < -0.39 is 13.0 Å². The Bertz CT molecular complexity index is 318. The van der Waals surface area contributed by atoms with Crippen molar-refractivity contribution in [2.75, 3.05) is 19.0 Å². The number of hydrogen-bond acceptors (Lipinski definition) is 3. The Hall–Kier alpha value is -1.36. The van der Waals surface area contributed by atoms with Gasteiger partial charge >= 0.3 is 0 Å². The second-order valence-corrected chi connectivity index (χ2v) is 2.98. The summed E-state index contributed by atoms with van der Waals surface area (Å²) in [5.74, 6) is 0.414. The lowest BCUT2D eigenvalue weighted by atomic mass is 10.2. The van der Waals surface area contributed by atoms with Gasteiger partial charge in [-0.3, -0.25) is 0 Å². The molecule has 3 nitrogen and oxygen atoms in total. The Morgan fingerprint density at radius 3 is 2.73 bits per heavy atom.